The molecule has 0 amide bonds. The van der Waals surface area contributed by atoms with Crippen LogP contribution in [0.25, 0.3) is 0 Å². The van der Waals surface area contributed by atoms with Crippen LogP contribution in [0.1, 0.15) is 30.6 Å². The lowest BCUT2D eigenvalue weighted by Crippen LogP contribution is -2.27. The van der Waals surface area contributed by atoms with Crippen LogP contribution in [0.5, 0.6) is 0 Å². The molecule has 0 spiro atoms. The number of hydrogen-bond acceptors (Lipinski definition) is 2. The van der Waals surface area contributed by atoms with Crippen LogP contribution < -0.4 is 0 Å². The van der Waals surface area contributed by atoms with Crippen LogP contribution in [0.15, 0.2) is 18.2 Å². The molecule has 2 nitrogen and oxygen atoms in total. The predicted molar refractivity (Wildman–Crippen MR) is 60.0 cm³/mol. The molecule has 18 heavy (non-hydrogen) atoms. The topological polar surface area (TPSA) is 34.1 Å². The standard InChI is InChI=1S/C13H13F3O2/c1-7(2)5-11(17)12(16)13(18)9-6-8(14)3-4-10(9)15/h3-4,6-7,12H,5H2,1-2H3. The maximum atomic E-state index is 13.6. The minimum absolute atomic E-state index is 0.110. The molecule has 0 aromatic heterocycles. The fourth-order valence-electron chi connectivity index (χ4n) is 1.47. The Balaban J connectivity index is 2.93. The van der Waals surface area contributed by atoms with Crippen molar-refractivity contribution in [3.63, 3.8) is 0 Å². The zero-order chi connectivity index (χ0) is 13.9. The molecule has 1 rings (SSSR count). The zero-order valence-electron chi connectivity index (χ0n) is 10.0. The van der Waals surface area contributed by atoms with E-state index in [-0.39, 0.29) is 12.3 Å². The van der Waals surface area contributed by atoms with E-state index < -0.39 is 34.9 Å². The number of carbonyl (C=O) groups is 2. The van der Waals surface area contributed by atoms with E-state index in [4.69, 9.17) is 0 Å². The molecular formula is C13H13F3O2. The Morgan fingerprint density at radius 3 is 2.39 bits per heavy atom. The number of carbonyl (C=O) groups excluding carboxylic acids is 2. The number of rotatable bonds is 5. The summed E-state index contributed by atoms with van der Waals surface area (Å²) in [6, 6.07) is 2.13. The molecule has 0 bridgehead atoms. The average Bonchev–Trinajstić information content (AvgIpc) is 2.29. The fraction of sp³-hybridized carbons (Fsp3) is 0.385. The number of hydrogen-bond donors (Lipinski definition) is 0. The second-order valence-electron chi connectivity index (χ2n) is 4.42. The summed E-state index contributed by atoms with van der Waals surface area (Å²) in [4.78, 5) is 22.9. The van der Waals surface area contributed by atoms with Gasteiger partial charge < -0.3 is 0 Å². The van der Waals surface area contributed by atoms with Crippen molar-refractivity contribution in [2.75, 3.05) is 0 Å². The van der Waals surface area contributed by atoms with Gasteiger partial charge in [0, 0.05) is 6.42 Å². The Bertz CT molecular complexity index is 469. The third-order valence-electron chi connectivity index (χ3n) is 2.32. The Morgan fingerprint density at radius 1 is 1.22 bits per heavy atom. The van der Waals surface area contributed by atoms with Gasteiger partial charge in [0.15, 0.2) is 5.78 Å². The van der Waals surface area contributed by atoms with Gasteiger partial charge in [-0.2, -0.15) is 0 Å². The molecule has 1 atom stereocenters. The highest BCUT2D eigenvalue weighted by Gasteiger charge is 2.29. The lowest BCUT2D eigenvalue weighted by molar-refractivity contribution is -0.122. The fourth-order valence-corrected chi connectivity index (χ4v) is 1.47. The Kier molecular flexibility index (Phi) is 4.64. The Labute approximate surface area is 103 Å². The number of halogens is 3. The molecule has 0 saturated carbocycles. The number of Topliss-reactive ketones (excluding diaryl/α,β-unsaturated/α-hetero) is 2. The van der Waals surface area contributed by atoms with E-state index in [1.54, 1.807) is 13.8 Å². The van der Waals surface area contributed by atoms with E-state index in [0.29, 0.717) is 6.07 Å². The van der Waals surface area contributed by atoms with Gasteiger partial charge in [0.05, 0.1) is 5.56 Å². The summed E-state index contributed by atoms with van der Waals surface area (Å²) in [6.07, 6.45) is -2.56. The van der Waals surface area contributed by atoms with Gasteiger partial charge in [0.2, 0.25) is 12.0 Å². The normalized spacial score (nSPS) is 12.6. The minimum Gasteiger partial charge on any atom is -0.296 e. The Morgan fingerprint density at radius 2 is 1.83 bits per heavy atom. The first-order valence-electron chi connectivity index (χ1n) is 5.49. The first-order valence-corrected chi connectivity index (χ1v) is 5.49. The van der Waals surface area contributed by atoms with Crippen molar-refractivity contribution in [1.29, 1.82) is 0 Å². The molecule has 0 heterocycles. The second kappa shape index (κ2) is 5.80. The molecule has 0 fully saturated rings. The van der Waals surface area contributed by atoms with Crippen molar-refractivity contribution in [3.8, 4) is 0 Å². The summed E-state index contributed by atoms with van der Waals surface area (Å²) in [5.41, 5.74) is -0.736. The van der Waals surface area contributed by atoms with Crippen LogP contribution in [0.4, 0.5) is 13.2 Å². The van der Waals surface area contributed by atoms with Gasteiger partial charge in [-0.1, -0.05) is 13.8 Å². The minimum atomic E-state index is -2.44. The number of benzene rings is 1. The van der Waals surface area contributed by atoms with E-state index in [9.17, 15) is 22.8 Å². The van der Waals surface area contributed by atoms with Crippen molar-refractivity contribution in [2.24, 2.45) is 5.92 Å². The molecule has 98 valence electrons. The molecule has 0 aliphatic carbocycles. The number of alkyl halides is 1. The van der Waals surface area contributed by atoms with Gasteiger partial charge in [-0.3, -0.25) is 9.59 Å². The van der Waals surface area contributed by atoms with Crippen molar-refractivity contribution in [2.45, 2.75) is 26.4 Å². The lowest BCUT2D eigenvalue weighted by atomic mass is 9.98. The first-order chi connectivity index (χ1) is 8.32. The molecule has 0 aliphatic rings. The van der Waals surface area contributed by atoms with Gasteiger partial charge in [-0.05, 0) is 24.1 Å². The zero-order valence-corrected chi connectivity index (χ0v) is 10.0. The highest BCUT2D eigenvalue weighted by molar-refractivity contribution is 6.13. The molecule has 0 radical (unpaired) electrons. The SMILES string of the molecule is CC(C)CC(=O)C(F)C(=O)c1cc(F)ccc1F. The molecule has 0 saturated heterocycles. The van der Waals surface area contributed by atoms with Crippen LogP contribution in [-0.2, 0) is 4.79 Å². The van der Waals surface area contributed by atoms with Crippen molar-refractivity contribution < 1.29 is 22.8 Å². The number of ketones is 2. The molecule has 1 aromatic rings. The van der Waals surface area contributed by atoms with E-state index in [1.807, 2.05) is 0 Å². The van der Waals surface area contributed by atoms with Crippen molar-refractivity contribution in [3.05, 3.63) is 35.4 Å². The third kappa shape index (κ3) is 3.42. The van der Waals surface area contributed by atoms with E-state index >= 15 is 0 Å². The summed E-state index contributed by atoms with van der Waals surface area (Å²) in [6.45, 7) is 3.38. The van der Waals surface area contributed by atoms with Crippen LogP contribution in [0, 0.1) is 17.6 Å². The smallest absolute Gasteiger partial charge is 0.220 e. The first kappa shape index (κ1) is 14.4. The van der Waals surface area contributed by atoms with Gasteiger partial charge in [0.25, 0.3) is 0 Å². The second-order valence-corrected chi connectivity index (χ2v) is 4.42. The molecule has 1 unspecified atom stereocenters. The van der Waals surface area contributed by atoms with E-state index in [0.717, 1.165) is 12.1 Å². The summed E-state index contributed by atoms with van der Waals surface area (Å²) in [5.74, 6) is -4.26. The quantitative estimate of drug-likeness (QED) is 0.600. The van der Waals surface area contributed by atoms with Gasteiger partial charge in [0.1, 0.15) is 11.6 Å². The summed E-state index contributed by atoms with van der Waals surface area (Å²) in [7, 11) is 0. The van der Waals surface area contributed by atoms with Gasteiger partial charge >= 0.3 is 0 Å². The molecule has 0 N–H and O–H groups in total. The van der Waals surface area contributed by atoms with Gasteiger partial charge in [-0.25, -0.2) is 13.2 Å². The van der Waals surface area contributed by atoms with Gasteiger partial charge in [-0.15, -0.1) is 0 Å². The Hall–Kier alpha value is -1.65. The highest BCUT2D eigenvalue weighted by atomic mass is 19.1. The molecule has 0 aliphatic heterocycles. The summed E-state index contributed by atoms with van der Waals surface area (Å²) in [5, 5.41) is 0. The highest BCUT2D eigenvalue weighted by Crippen LogP contribution is 2.16. The van der Waals surface area contributed by atoms with E-state index in [1.165, 1.54) is 0 Å². The van der Waals surface area contributed by atoms with Crippen LogP contribution in [-0.4, -0.2) is 17.7 Å². The van der Waals surface area contributed by atoms with Crippen molar-refractivity contribution in [1.82, 2.24) is 0 Å². The largest absolute Gasteiger partial charge is 0.296 e. The van der Waals surface area contributed by atoms with Crippen LogP contribution in [0.2, 0.25) is 0 Å². The third-order valence-corrected chi connectivity index (χ3v) is 2.32. The van der Waals surface area contributed by atoms with Crippen molar-refractivity contribution >= 4 is 11.6 Å². The maximum Gasteiger partial charge on any atom is 0.220 e. The molecular weight excluding hydrogens is 245 g/mol. The van der Waals surface area contributed by atoms with E-state index in [2.05, 4.69) is 0 Å². The lowest BCUT2D eigenvalue weighted by Gasteiger charge is -2.09. The average molecular weight is 258 g/mol. The maximum absolute atomic E-state index is 13.6. The van der Waals surface area contributed by atoms with Crippen LogP contribution >= 0.6 is 0 Å². The molecule has 5 heteroatoms. The predicted octanol–water partition coefficient (Wildman–Crippen LogP) is 3.10. The summed E-state index contributed by atoms with van der Waals surface area (Å²) >= 11 is 0. The summed E-state index contributed by atoms with van der Waals surface area (Å²) < 4.78 is 39.7. The molecule has 1 aromatic carbocycles. The van der Waals surface area contributed by atoms with Crippen LogP contribution in [0.3, 0.4) is 0 Å². The monoisotopic (exact) mass is 258 g/mol.